The van der Waals surface area contributed by atoms with Crippen molar-refractivity contribution in [3.63, 3.8) is 0 Å². The Morgan fingerprint density at radius 2 is 2.00 bits per heavy atom. The van der Waals surface area contributed by atoms with E-state index >= 15 is 0 Å². The van der Waals surface area contributed by atoms with Crippen LogP contribution in [0.3, 0.4) is 0 Å². The number of halogens is 1. The van der Waals surface area contributed by atoms with E-state index in [0.717, 1.165) is 44.4 Å². The van der Waals surface area contributed by atoms with Crippen molar-refractivity contribution in [2.24, 2.45) is 0 Å². The predicted molar refractivity (Wildman–Crippen MR) is 71.6 cm³/mol. The summed E-state index contributed by atoms with van der Waals surface area (Å²) in [6.45, 7) is 0.746. The highest BCUT2D eigenvalue weighted by Crippen LogP contribution is 2.39. The summed E-state index contributed by atoms with van der Waals surface area (Å²) in [7, 11) is 0. The van der Waals surface area contributed by atoms with Crippen molar-refractivity contribution < 1.29 is 14.2 Å². The van der Waals surface area contributed by atoms with E-state index < -0.39 is 5.60 Å². The van der Waals surface area contributed by atoms with Gasteiger partial charge in [0.2, 0.25) is 0 Å². The molecule has 0 spiro atoms. The van der Waals surface area contributed by atoms with E-state index in [1.54, 1.807) is 12.1 Å². The van der Waals surface area contributed by atoms with Gasteiger partial charge >= 0.3 is 0 Å². The monoisotopic (exact) mass is 265 g/mol. The van der Waals surface area contributed by atoms with Gasteiger partial charge in [-0.3, -0.25) is 0 Å². The first-order valence-corrected chi connectivity index (χ1v) is 7.04. The molecule has 104 valence electrons. The van der Waals surface area contributed by atoms with Gasteiger partial charge in [0.25, 0.3) is 0 Å². The number of nitrogens with one attached hydrogen (secondary N) is 1. The summed E-state index contributed by atoms with van der Waals surface area (Å²) in [4.78, 5) is 0. The van der Waals surface area contributed by atoms with Crippen molar-refractivity contribution in [3.05, 3.63) is 30.1 Å². The Labute approximate surface area is 112 Å². The SMILES string of the molecule is O[C@@]12CCCO[C@@H]1CCC[C@@H]2Nc1ccc(F)cc1. The standard InChI is InChI=1S/C15H20FNO2/c16-11-5-7-12(8-6-11)17-13-3-1-4-14-15(13,18)9-2-10-19-14/h5-8,13-14,17-18H,1-4,9-10H2/t13-,14+,15+/m0/s1. The van der Waals surface area contributed by atoms with Gasteiger partial charge in [-0.15, -0.1) is 0 Å². The molecule has 2 N–H and O–H groups in total. The molecular weight excluding hydrogens is 245 g/mol. The van der Waals surface area contributed by atoms with Gasteiger partial charge < -0.3 is 15.2 Å². The maximum absolute atomic E-state index is 12.9. The number of rotatable bonds is 2. The van der Waals surface area contributed by atoms with Crippen LogP contribution in [0.25, 0.3) is 0 Å². The molecule has 3 rings (SSSR count). The molecule has 1 aromatic rings. The fourth-order valence-corrected chi connectivity index (χ4v) is 3.32. The van der Waals surface area contributed by atoms with Crippen LogP contribution in [-0.2, 0) is 4.74 Å². The zero-order valence-electron chi connectivity index (χ0n) is 10.9. The molecule has 0 unspecified atom stereocenters. The average molecular weight is 265 g/mol. The molecule has 1 saturated heterocycles. The highest BCUT2D eigenvalue weighted by molar-refractivity contribution is 5.44. The van der Waals surface area contributed by atoms with E-state index in [4.69, 9.17) is 4.74 Å². The number of ether oxygens (including phenoxy) is 1. The third-order valence-electron chi connectivity index (χ3n) is 4.35. The Morgan fingerprint density at radius 1 is 1.21 bits per heavy atom. The minimum atomic E-state index is -0.787. The molecule has 3 atom stereocenters. The Kier molecular flexibility index (Phi) is 3.46. The lowest BCUT2D eigenvalue weighted by molar-refractivity contribution is -0.168. The maximum atomic E-state index is 12.9. The quantitative estimate of drug-likeness (QED) is 0.864. The maximum Gasteiger partial charge on any atom is 0.123 e. The van der Waals surface area contributed by atoms with Crippen molar-refractivity contribution in [1.82, 2.24) is 0 Å². The topological polar surface area (TPSA) is 41.5 Å². The third-order valence-corrected chi connectivity index (χ3v) is 4.35. The smallest absolute Gasteiger partial charge is 0.123 e. The normalized spacial score (nSPS) is 34.6. The first kappa shape index (κ1) is 12.9. The lowest BCUT2D eigenvalue weighted by Crippen LogP contribution is -2.60. The van der Waals surface area contributed by atoms with Crippen molar-refractivity contribution in [2.75, 3.05) is 11.9 Å². The second kappa shape index (κ2) is 5.10. The Morgan fingerprint density at radius 3 is 2.79 bits per heavy atom. The average Bonchev–Trinajstić information content (AvgIpc) is 2.42. The molecule has 0 radical (unpaired) electrons. The van der Waals surface area contributed by atoms with Crippen LogP contribution in [0.5, 0.6) is 0 Å². The van der Waals surface area contributed by atoms with Gasteiger partial charge in [-0.05, 0) is 56.4 Å². The van der Waals surface area contributed by atoms with E-state index in [0.29, 0.717) is 0 Å². The summed E-state index contributed by atoms with van der Waals surface area (Å²) in [6, 6.07) is 6.28. The molecule has 4 heteroatoms. The minimum Gasteiger partial charge on any atom is -0.385 e. The fraction of sp³-hybridized carbons (Fsp3) is 0.600. The van der Waals surface area contributed by atoms with Gasteiger partial charge in [0.05, 0.1) is 12.1 Å². The number of hydrogen-bond acceptors (Lipinski definition) is 3. The van der Waals surface area contributed by atoms with E-state index in [2.05, 4.69) is 5.32 Å². The van der Waals surface area contributed by atoms with E-state index in [1.165, 1.54) is 12.1 Å². The van der Waals surface area contributed by atoms with Crippen molar-refractivity contribution in [1.29, 1.82) is 0 Å². The van der Waals surface area contributed by atoms with Crippen molar-refractivity contribution >= 4 is 5.69 Å². The lowest BCUT2D eigenvalue weighted by Gasteiger charge is -2.48. The van der Waals surface area contributed by atoms with Crippen LogP contribution in [0.2, 0.25) is 0 Å². The number of hydrogen-bond donors (Lipinski definition) is 2. The molecule has 0 bridgehead atoms. The van der Waals surface area contributed by atoms with Crippen LogP contribution in [0.1, 0.15) is 32.1 Å². The number of anilines is 1. The molecule has 1 aliphatic carbocycles. The highest BCUT2D eigenvalue weighted by Gasteiger charge is 2.48. The van der Waals surface area contributed by atoms with Gasteiger partial charge in [-0.1, -0.05) is 0 Å². The molecule has 1 saturated carbocycles. The molecule has 0 aromatic heterocycles. The van der Waals surface area contributed by atoms with Gasteiger partial charge in [-0.2, -0.15) is 0 Å². The minimum absolute atomic E-state index is 0.0167. The van der Waals surface area contributed by atoms with Crippen LogP contribution in [0.4, 0.5) is 10.1 Å². The Balaban J connectivity index is 1.77. The van der Waals surface area contributed by atoms with Crippen molar-refractivity contribution in [2.45, 2.75) is 49.9 Å². The molecule has 2 fully saturated rings. The Bertz CT molecular complexity index is 434. The zero-order valence-corrected chi connectivity index (χ0v) is 10.9. The van der Waals surface area contributed by atoms with Gasteiger partial charge in [0.1, 0.15) is 11.4 Å². The van der Waals surface area contributed by atoms with Gasteiger partial charge in [0, 0.05) is 12.3 Å². The summed E-state index contributed by atoms with van der Waals surface area (Å²) in [6.07, 6.45) is 4.51. The summed E-state index contributed by atoms with van der Waals surface area (Å²) >= 11 is 0. The van der Waals surface area contributed by atoms with Gasteiger partial charge in [-0.25, -0.2) is 4.39 Å². The Hall–Kier alpha value is -1.13. The molecule has 1 aromatic carbocycles. The molecule has 19 heavy (non-hydrogen) atoms. The summed E-state index contributed by atoms with van der Waals surface area (Å²) in [5, 5.41) is 14.3. The molecule has 0 amide bonds. The molecule has 3 nitrogen and oxygen atoms in total. The first-order valence-electron chi connectivity index (χ1n) is 7.04. The summed E-state index contributed by atoms with van der Waals surface area (Å²) in [5.41, 5.74) is 0.0660. The fourth-order valence-electron chi connectivity index (χ4n) is 3.32. The molecule has 2 aliphatic rings. The molecule has 1 heterocycles. The summed E-state index contributed by atoms with van der Waals surface area (Å²) in [5.74, 6) is -0.244. The third kappa shape index (κ3) is 2.47. The lowest BCUT2D eigenvalue weighted by atomic mass is 9.74. The predicted octanol–water partition coefficient (Wildman–Crippen LogP) is 2.70. The number of benzene rings is 1. The number of fused-ring (bicyclic) bond motifs is 1. The highest BCUT2D eigenvalue weighted by atomic mass is 19.1. The van der Waals surface area contributed by atoms with E-state index in [-0.39, 0.29) is 18.0 Å². The van der Waals surface area contributed by atoms with Crippen molar-refractivity contribution in [3.8, 4) is 0 Å². The largest absolute Gasteiger partial charge is 0.385 e. The van der Waals surface area contributed by atoms with Gasteiger partial charge in [0.15, 0.2) is 0 Å². The van der Waals surface area contributed by atoms with Crippen LogP contribution in [0.15, 0.2) is 24.3 Å². The summed E-state index contributed by atoms with van der Waals surface area (Å²) < 4.78 is 18.6. The van der Waals surface area contributed by atoms with E-state index in [1.807, 2.05) is 0 Å². The first-order chi connectivity index (χ1) is 9.18. The van der Waals surface area contributed by atoms with E-state index in [9.17, 15) is 9.50 Å². The number of aliphatic hydroxyl groups is 1. The van der Waals surface area contributed by atoms with Crippen LogP contribution in [-0.4, -0.2) is 29.5 Å². The van der Waals surface area contributed by atoms with Crippen LogP contribution >= 0.6 is 0 Å². The second-order valence-corrected chi connectivity index (χ2v) is 5.59. The zero-order chi connectivity index (χ0) is 13.3. The van der Waals surface area contributed by atoms with Crippen LogP contribution < -0.4 is 5.32 Å². The second-order valence-electron chi connectivity index (χ2n) is 5.59. The van der Waals surface area contributed by atoms with Crippen LogP contribution in [0, 0.1) is 5.82 Å². The molecular formula is C15H20FNO2. The molecule has 1 aliphatic heterocycles.